The van der Waals surface area contributed by atoms with Crippen LogP contribution in [-0.2, 0) is 9.53 Å². The van der Waals surface area contributed by atoms with Crippen molar-refractivity contribution in [3.8, 4) is 0 Å². The Kier molecular flexibility index (Phi) is 8.36. The third kappa shape index (κ3) is 10.8. The molecule has 0 fully saturated rings. The monoisotopic (exact) mass is 342 g/mol. The second-order valence-corrected chi connectivity index (χ2v) is 6.16. The lowest BCUT2D eigenvalue weighted by Crippen LogP contribution is -2.53. The molecule has 0 bridgehead atoms. The molecule has 0 aromatic heterocycles. The molecule has 23 heavy (non-hydrogen) atoms. The fourth-order valence-electron chi connectivity index (χ4n) is 1.63. The number of carbonyl (C=O) groups excluding carboxylic acids is 2. The van der Waals surface area contributed by atoms with Crippen LogP contribution in [0.3, 0.4) is 0 Å². The van der Waals surface area contributed by atoms with E-state index in [4.69, 9.17) is 4.74 Å². The summed E-state index contributed by atoms with van der Waals surface area (Å²) >= 11 is 0. The summed E-state index contributed by atoms with van der Waals surface area (Å²) in [5, 5.41) is 14.0. The van der Waals surface area contributed by atoms with E-state index in [1.54, 1.807) is 20.8 Å². The summed E-state index contributed by atoms with van der Waals surface area (Å²) in [5.74, 6) is -0.969. The van der Waals surface area contributed by atoms with E-state index in [1.165, 1.54) is 0 Å². The van der Waals surface area contributed by atoms with Crippen molar-refractivity contribution in [1.29, 1.82) is 0 Å². The zero-order valence-corrected chi connectivity index (χ0v) is 13.8. The second kappa shape index (κ2) is 8.95. The number of alkyl halides is 3. The van der Waals surface area contributed by atoms with Crippen LogP contribution in [0.1, 0.15) is 47.0 Å². The van der Waals surface area contributed by atoms with E-state index in [0.717, 1.165) is 6.42 Å². The lowest BCUT2D eigenvalue weighted by Gasteiger charge is -2.26. The van der Waals surface area contributed by atoms with Crippen LogP contribution in [0.4, 0.5) is 18.0 Å². The van der Waals surface area contributed by atoms with Gasteiger partial charge in [-0.15, -0.1) is 0 Å². The first kappa shape index (κ1) is 21.5. The molecule has 0 aliphatic carbocycles. The van der Waals surface area contributed by atoms with Gasteiger partial charge in [0.15, 0.2) is 6.10 Å². The van der Waals surface area contributed by atoms with Gasteiger partial charge in [0, 0.05) is 6.54 Å². The van der Waals surface area contributed by atoms with E-state index in [-0.39, 0.29) is 6.54 Å². The highest BCUT2D eigenvalue weighted by atomic mass is 19.4. The number of nitrogens with one attached hydrogen (secondary N) is 2. The summed E-state index contributed by atoms with van der Waals surface area (Å²) in [6.45, 7) is 6.73. The molecule has 0 aromatic rings. The molecule has 0 aliphatic rings. The minimum absolute atomic E-state index is 0.234. The summed E-state index contributed by atoms with van der Waals surface area (Å²) in [7, 11) is 0. The maximum absolute atomic E-state index is 12.6. The summed E-state index contributed by atoms with van der Waals surface area (Å²) in [6.07, 6.45) is -7.97. The van der Waals surface area contributed by atoms with Gasteiger partial charge >= 0.3 is 12.3 Å². The van der Waals surface area contributed by atoms with Crippen molar-refractivity contribution in [3.63, 3.8) is 0 Å². The average Bonchev–Trinajstić information content (AvgIpc) is 2.33. The van der Waals surface area contributed by atoms with Gasteiger partial charge in [-0.2, -0.15) is 13.2 Å². The number of hydrogen-bond acceptors (Lipinski definition) is 4. The predicted octanol–water partition coefficient (Wildman–Crippen LogP) is 2.11. The molecular formula is C14H25F3N2O4. The van der Waals surface area contributed by atoms with Crippen molar-refractivity contribution < 1.29 is 32.6 Å². The number of hydrogen-bond donors (Lipinski definition) is 3. The number of amides is 2. The molecule has 0 aromatic carbocycles. The number of ether oxygens (including phenoxy) is 1. The van der Waals surface area contributed by atoms with Crippen LogP contribution in [0.5, 0.6) is 0 Å². The quantitative estimate of drug-likeness (QED) is 0.619. The van der Waals surface area contributed by atoms with Crippen LogP contribution in [0.2, 0.25) is 0 Å². The molecule has 0 saturated heterocycles. The van der Waals surface area contributed by atoms with Crippen molar-refractivity contribution in [3.05, 3.63) is 0 Å². The fraction of sp³-hybridized carbons (Fsp3) is 0.857. The topological polar surface area (TPSA) is 87.7 Å². The van der Waals surface area contributed by atoms with Gasteiger partial charge in [0.1, 0.15) is 5.60 Å². The van der Waals surface area contributed by atoms with Crippen molar-refractivity contribution in [2.24, 2.45) is 0 Å². The van der Waals surface area contributed by atoms with Gasteiger partial charge in [0.25, 0.3) is 5.91 Å². The summed E-state index contributed by atoms with van der Waals surface area (Å²) in [4.78, 5) is 23.3. The third-order valence-corrected chi connectivity index (χ3v) is 2.63. The molecule has 9 heteroatoms. The lowest BCUT2D eigenvalue weighted by molar-refractivity contribution is -0.151. The molecule has 2 atom stereocenters. The number of carbonyl (C=O) groups is 2. The van der Waals surface area contributed by atoms with Gasteiger partial charge in [-0.05, 0) is 27.2 Å². The molecule has 0 rings (SSSR count). The first-order valence-corrected chi connectivity index (χ1v) is 7.37. The van der Waals surface area contributed by atoms with Crippen LogP contribution in [0.25, 0.3) is 0 Å². The molecule has 0 saturated carbocycles. The van der Waals surface area contributed by atoms with Crippen molar-refractivity contribution in [1.82, 2.24) is 10.6 Å². The third-order valence-electron chi connectivity index (χ3n) is 2.63. The van der Waals surface area contributed by atoms with Gasteiger partial charge in [0.05, 0.1) is 12.5 Å². The number of unbranched alkanes of at least 4 members (excludes halogenated alkanes) is 1. The first-order valence-electron chi connectivity index (χ1n) is 7.37. The van der Waals surface area contributed by atoms with E-state index in [9.17, 15) is 27.9 Å². The zero-order valence-electron chi connectivity index (χ0n) is 13.8. The number of aliphatic hydroxyl groups excluding tert-OH is 1. The Morgan fingerprint density at radius 3 is 2.22 bits per heavy atom. The molecule has 0 radical (unpaired) electrons. The molecule has 6 nitrogen and oxygen atoms in total. The molecule has 2 unspecified atom stereocenters. The van der Waals surface area contributed by atoms with Gasteiger partial charge in [-0.1, -0.05) is 13.3 Å². The molecule has 0 spiro atoms. The van der Waals surface area contributed by atoms with Crippen molar-refractivity contribution >= 4 is 12.0 Å². The standard InChI is InChI=1S/C14H25F3N2O4/c1-5-6-7-18-11(21)10(20)9(8-14(15,16)17)19-12(22)23-13(2,3)4/h9-10,20H,5-8H2,1-4H3,(H,18,21)(H,19,22). The lowest BCUT2D eigenvalue weighted by atomic mass is 10.1. The molecule has 136 valence electrons. The van der Waals surface area contributed by atoms with E-state index < -0.39 is 42.3 Å². The highest BCUT2D eigenvalue weighted by molar-refractivity contribution is 5.82. The smallest absolute Gasteiger partial charge is 0.407 e. The highest BCUT2D eigenvalue weighted by Crippen LogP contribution is 2.23. The Labute approximate surface area is 133 Å². The van der Waals surface area contributed by atoms with E-state index in [2.05, 4.69) is 5.32 Å². The Morgan fingerprint density at radius 1 is 1.22 bits per heavy atom. The van der Waals surface area contributed by atoms with Gasteiger partial charge in [-0.3, -0.25) is 4.79 Å². The zero-order chi connectivity index (χ0) is 18.3. The maximum Gasteiger partial charge on any atom is 0.407 e. The van der Waals surface area contributed by atoms with Gasteiger partial charge < -0.3 is 20.5 Å². The number of alkyl carbamates (subject to hydrolysis) is 1. The van der Waals surface area contributed by atoms with Crippen LogP contribution in [0, 0.1) is 0 Å². The van der Waals surface area contributed by atoms with Gasteiger partial charge in [-0.25, -0.2) is 4.79 Å². The molecule has 0 aliphatic heterocycles. The fourth-order valence-corrected chi connectivity index (χ4v) is 1.63. The SMILES string of the molecule is CCCCNC(=O)C(O)C(CC(F)(F)F)NC(=O)OC(C)(C)C. The minimum atomic E-state index is -4.66. The predicted molar refractivity (Wildman–Crippen MR) is 77.8 cm³/mol. The number of halogens is 3. The Bertz CT molecular complexity index is 394. The van der Waals surface area contributed by atoms with Gasteiger partial charge in [0.2, 0.25) is 0 Å². The van der Waals surface area contributed by atoms with E-state index in [0.29, 0.717) is 6.42 Å². The molecule has 2 amide bonds. The molecular weight excluding hydrogens is 317 g/mol. The van der Waals surface area contributed by atoms with Crippen molar-refractivity contribution in [2.75, 3.05) is 6.54 Å². The largest absolute Gasteiger partial charge is 0.444 e. The second-order valence-electron chi connectivity index (χ2n) is 6.16. The van der Waals surface area contributed by atoms with Crippen LogP contribution < -0.4 is 10.6 Å². The number of aliphatic hydroxyl groups is 1. The van der Waals surface area contributed by atoms with E-state index >= 15 is 0 Å². The first-order chi connectivity index (χ1) is 10.4. The van der Waals surface area contributed by atoms with E-state index in [1.807, 2.05) is 12.2 Å². The van der Waals surface area contributed by atoms with Crippen molar-refractivity contribution in [2.45, 2.75) is 70.9 Å². The Hall–Kier alpha value is -1.51. The Balaban J connectivity index is 4.85. The summed E-state index contributed by atoms with van der Waals surface area (Å²) < 4.78 is 42.6. The maximum atomic E-state index is 12.6. The van der Waals surface area contributed by atoms with Crippen LogP contribution >= 0.6 is 0 Å². The minimum Gasteiger partial charge on any atom is -0.444 e. The van der Waals surface area contributed by atoms with Crippen LogP contribution in [0.15, 0.2) is 0 Å². The Morgan fingerprint density at radius 2 is 1.78 bits per heavy atom. The highest BCUT2D eigenvalue weighted by Gasteiger charge is 2.39. The van der Waals surface area contributed by atoms with Crippen LogP contribution in [-0.4, -0.2) is 47.6 Å². The molecule has 0 heterocycles. The summed E-state index contributed by atoms with van der Waals surface area (Å²) in [5.41, 5.74) is -0.915. The number of rotatable bonds is 7. The molecule has 3 N–H and O–H groups in total. The summed E-state index contributed by atoms with van der Waals surface area (Å²) in [6, 6.07) is -1.83. The normalized spacial score (nSPS) is 14.8. The average molecular weight is 342 g/mol.